The number of phosphoric ester groups is 1. The SMILES string of the molecule is CCCCCC/C=C\CCCCCCCCCC(=O)OC[C@H](COP(=O)(O)OCCN)OC(=O)CCCCCCCCCCCCCCCCCCCCCCC. The van der Waals surface area contributed by atoms with Crippen LogP contribution in [0.4, 0.5) is 0 Å². The average Bonchev–Trinajstić information content (AvgIpc) is 3.20. The van der Waals surface area contributed by atoms with Crippen LogP contribution in [-0.4, -0.2) is 49.3 Å². The van der Waals surface area contributed by atoms with Crippen LogP contribution in [0.3, 0.4) is 0 Å². The fourth-order valence-corrected chi connectivity index (χ4v) is 7.81. The van der Waals surface area contributed by atoms with Crippen molar-refractivity contribution in [2.75, 3.05) is 26.4 Å². The quantitative estimate of drug-likeness (QED) is 0.0266. The van der Waals surface area contributed by atoms with Gasteiger partial charge in [-0.2, -0.15) is 0 Å². The zero-order valence-corrected chi connectivity index (χ0v) is 38.2. The van der Waals surface area contributed by atoms with Gasteiger partial charge < -0.3 is 20.1 Å². The summed E-state index contributed by atoms with van der Waals surface area (Å²) in [6, 6.07) is 0. The van der Waals surface area contributed by atoms with E-state index >= 15 is 0 Å². The van der Waals surface area contributed by atoms with Gasteiger partial charge in [-0.05, 0) is 38.5 Å². The second kappa shape index (κ2) is 44.3. The Morgan fingerprint density at radius 3 is 1.26 bits per heavy atom. The largest absolute Gasteiger partial charge is 0.472 e. The molecule has 0 heterocycles. The minimum absolute atomic E-state index is 0.0559. The van der Waals surface area contributed by atoms with E-state index in [1.807, 2.05) is 0 Å². The lowest BCUT2D eigenvalue weighted by Gasteiger charge is -2.19. The number of carbonyl (C=O) groups excluding carboxylic acids is 2. The second-order valence-electron chi connectivity index (χ2n) is 16.3. The Morgan fingerprint density at radius 1 is 0.509 bits per heavy atom. The Morgan fingerprint density at radius 2 is 0.860 bits per heavy atom. The molecule has 1 unspecified atom stereocenters. The van der Waals surface area contributed by atoms with Gasteiger partial charge in [0.25, 0.3) is 0 Å². The molecule has 10 heteroatoms. The van der Waals surface area contributed by atoms with E-state index in [1.54, 1.807) is 0 Å². The van der Waals surface area contributed by atoms with Crippen LogP contribution in [0.1, 0.15) is 245 Å². The van der Waals surface area contributed by atoms with E-state index in [1.165, 1.54) is 167 Å². The van der Waals surface area contributed by atoms with Crippen LogP contribution in [0.5, 0.6) is 0 Å². The van der Waals surface area contributed by atoms with Gasteiger partial charge >= 0.3 is 19.8 Å². The summed E-state index contributed by atoms with van der Waals surface area (Å²) in [6.45, 7) is 3.76. The number of hydrogen-bond acceptors (Lipinski definition) is 8. The van der Waals surface area contributed by atoms with Gasteiger partial charge in [-0.3, -0.25) is 18.6 Å². The zero-order chi connectivity index (χ0) is 41.8. The number of phosphoric acid groups is 1. The van der Waals surface area contributed by atoms with Crippen LogP contribution in [0, 0.1) is 0 Å². The number of nitrogens with two attached hydrogens (primary N) is 1. The monoisotopic (exact) mass is 830 g/mol. The highest BCUT2D eigenvalue weighted by atomic mass is 31.2. The fourth-order valence-electron chi connectivity index (χ4n) is 7.04. The molecule has 0 fully saturated rings. The molecule has 3 N–H and O–H groups in total. The van der Waals surface area contributed by atoms with Gasteiger partial charge in [-0.15, -0.1) is 0 Å². The van der Waals surface area contributed by atoms with Gasteiger partial charge in [-0.1, -0.05) is 206 Å². The molecule has 0 aliphatic rings. The Kier molecular flexibility index (Phi) is 43.3. The van der Waals surface area contributed by atoms with Crippen LogP contribution in [0.2, 0.25) is 0 Å². The van der Waals surface area contributed by atoms with Crippen molar-refractivity contribution in [2.24, 2.45) is 5.73 Å². The number of allylic oxidation sites excluding steroid dienone is 2. The third-order valence-corrected chi connectivity index (χ3v) is 11.6. The number of carbonyl (C=O) groups is 2. The lowest BCUT2D eigenvalue weighted by molar-refractivity contribution is -0.161. The van der Waals surface area contributed by atoms with Crippen molar-refractivity contribution in [3.63, 3.8) is 0 Å². The third kappa shape index (κ3) is 44.1. The summed E-state index contributed by atoms with van der Waals surface area (Å²) in [6.07, 6.45) is 46.7. The normalized spacial score (nSPS) is 13.3. The lowest BCUT2D eigenvalue weighted by Crippen LogP contribution is -2.29. The van der Waals surface area contributed by atoms with Crippen molar-refractivity contribution in [2.45, 2.75) is 251 Å². The van der Waals surface area contributed by atoms with E-state index in [4.69, 9.17) is 24.3 Å². The molecular formula is C47H92NO8P. The Labute approximate surface area is 351 Å². The maximum Gasteiger partial charge on any atom is 0.472 e. The number of ether oxygens (including phenoxy) is 2. The van der Waals surface area contributed by atoms with E-state index in [0.717, 1.165) is 44.9 Å². The van der Waals surface area contributed by atoms with Gasteiger partial charge in [0, 0.05) is 19.4 Å². The first-order chi connectivity index (χ1) is 27.8. The predicted molar refractivity (Wildman–Crippen MR) is 238 cm³/mol. The number of esters is 2. The smallest absolute Gasteiger partial charge is 0.462 e. The van der Waals surface area contributed by atoms with Crippen LogP contribution in [-0.2, 0) is 32.7 Å². The van der Waals surface area contributed by atoms with Gasteiger partial charge in [0.2, 0.25) is 0 Å². The zero-order valence-electron chi connectivity index (χ0n) is 37.3. The molecule has 0 spiro atoms. The second-order valence-corrected chi connectivity index (χ2v) is 17.8. The van der Waals surface area contributed by atoms with Gasteiger partial charge in [0.15, 0.2) is 6.10 Å². The average molecular weight is 830 g/mol. The molecule has 338 valence electrons. The van der Waals surface area contributed by atoms with Gasteiger partial charge in [-0.25, -0.2) is 4.57 Å². The molecule has 0 radical (unpaired) electrons. The van der Waals surface area contributed by atoms with Crippen molar-refractivity contribution in [1.29, 1.82) is 0 Å². The molecule has 2 atom stereocenters. The summed E-state index contributed by atoms with van der Waals surface area (Å²) in [5, 5.41) is 0. The Bertz CT molecular complexity index is 948. The van der Waals surface area contributed by atoms with Crippen molar-refractivity contribution in [3.05, 3.63) is 12.2 Å². The molecule has 0 aromatic rings. The highest BCUT2D eigenvalue weighted by molar-refractivity contribution is 7.47. The summed E-state index contributed by atoms with van der Waals surface area (Å²) in [4.78, 5) is 35.0. The van der Waals surface area contributed by atoms with Crippen LogP contribution >= 0.6 is 7.82 Å². The molecule has 0 bridgehead atoms. The van der Waals surface area contributed by atoms with Crippen molar-refractivity contribution in [1.82, 2.24) is 0 Å². The minimum Gasteiger partial charge on any atom is -0.462 e. The van der Waals surface area contributed by atoms with Crippen LogP contribution < -0.4 is 5.73 Å². The summed E-state index contributed by atoms with van der Waals surface area (Å²) < 4.78 is 32.9. The first-order valence-electron chi connectivity index (χ1n) is 24.2. The number of hydrogen-bond donors (Lipinski definition) is 2. The highest BCUT2D eigenvalue weighted by Crippen LogP contribution is 2.43. The van der Waals surface area contributed by atoms with Crippen LogP contribution in [0.25, 0.3) is 0 Å². The lowest BCUT2D eigenvalue weighted by atomic mass is 10.0. The molecular weight excluding hydrogens is 737 g/mol. The molecule has 0 aliphatic heterocycles. The maximum atomic E-state index is 12.6. The molecule has 0 saturated carbocycles. The summed E-state index contributed by atoms with van der Waals surface area (Å²) in [5.41, 5.74) is 5.36. The molecule has 0 saturated heterocycles. The summed E-state index contributed by atoms with van der Waals surface area (Å²) in [7, 11) is -4.37. The van der Waals surface area contributed by atoms with Gasteiger partial charge in [0.1, 0.15) is 6.61 Å². The first kappa shape index (κ1) is 55.8. The van der Waals surface area contributed by atoms with E-state index in [9.17, 15) is 19.0 Å². The number of unbranched alkanes of at least 4 members (excludes halogenated alkanes) is 31. The van der Waals surface area contributed by atoms with E-state index in [2.05, 4.69) is 26.0 Å². The summed E-state index contributed by atoms with van der Waals surface area (Å²) in [5.74, 6) is -0.819. The molecule has 0 aromatic heterocycles. The molecule has 0 aromatic carbocycles. The molecule has 57 heavy (non-hydrogen) atoms. The Hall–Kier alpha value is -1.25. The molecule has 0 rings (SSSR count). The van der Waals surface area contributed by atoms with Crippen molar-refractivity contribution in [3.8, 4) is 0 Å². The first-order valence-corrected chi connectivity index (χ1v) is 25.7. The predicted octanol–water partition coefficient (Wildman–Crippen LogP) is 14.2. The fraction of sp³-hybridized carbons (Fsp3) is 0.915. The van der Waals surface area contributed by atoms with Crippen molar-refractivity contribution >= 4 is 19.8 Å². The highest BCUT2D eigenvalue weighted by Gasteiger charge is 2.26. The maximum absolute atomic E-state index is 12.6. The van der Waals surface area contributed by atoms with E-state index < -0.39 is 26.5 Å². The van der Waals surface area contributed by atoms with Crippen LogP contribution in [0.15, 0.2) is 12.2 Å². The van der Waals surface area contributed by atoms with Gasteiger partial charge in [0.05, 0.1) is 13.2 Å². The molecule has 9 nitrogen and oxygen atoms in total. The summed E-state index contributed by atoms with van der Waals surface area (Å²) >= 11 is 0. The standard InChI is InChI=1S/C47H92NO8P/c1-3-5-7-9-11-13-15-17-19-20-21-22-23-24-26-28-30-32-34-36-38-40-47(50)56-45(44-55-57(51,52)54-42-41-48)43-53-46(49)39-37-35-33-31-29-27-25-18-16-14-12-10-8-6-4-2/h14,16,45H,3-13,15,17-44,48H2,1-2H3,(H,51,52)/b16-14-/t45-/m1/s1. The number of rotatable bonds is 46. The molecule has 0 amide bonds. The molecule has 0 aliphatic carbocycles. The van der Waals surface area contributed by atoms with Crippen molar-refractivity contribution < 1.29 is 37.6 Å². The minimum atomic E-state index is -4.37. The van der Waals surface area contributed by atoms with E-state index in [0.29, 0.717) is 6.42 Å². The van der Waals surface area contributed by atoms with E-state index in [-0.39, 0.29) is 38.6 Å². The Balaban J connectivity index is 4.03. The topological polar surface area (TPSA) is 134 Å². The third-order valence-electron chi connectivity index (χ3n) is 10.7.